The summed E-state index contributed by atoms with van der Waals surface area (Å²) in [5, 5.41) is 13.2. The molecule has 1 aliphatic carbocycles. The molecule has 0 spiro atoms. The van der Waals surface area contributed by atoms with Gasteiger partial charge in [-0.2, -0.15) is 0 Å². The molecule has 1 saturated carbocycles. The van der Waals surface area contributed by atoms with Crippen LogP contribution in [0.25, 0.3) is 0 Å². The second-order valence-electron chi connectivity index (χ2n) is 5.86. The third kappa shape index (κ3) is 3.99. The van der Waals surface area contributed by atoms with Crippen molar-refractivity contribution in [3.63, 3.8) is 0 Å². The van der Waals surface area contributed by atoms with Crippen LogP contribution in [0.5, 0.6) is 5.75 Å². The summed E-state index contributed by atoms with van der Waals surface area (Å²) in [6.45, 7) is 1.98. The molecule has 0 unspecified atom stereocenters. The number of hydrogen-bond acceptors (Lipinski definition) is 4. The van der Waals surface area contributed by atoms with Gasteiger partial charge in [0.25, 0.3) is 0 Å². The minimum Gasteiger partial charge on any atom is -0.496 e. The molecule has 122 valence electrons. The van der Waals surface area contributed by atoms with Crippen LogP contribution in [0.4, 0.5) is 0 Å². The molecule has 5 nitrogen and oxygen atoms in total. The molecule has 0 aliphatic heterocycles. The molecule has 1 aromatic carbocycles. The predicted molar refractivity (Wildman–Crippen MR) is 84.0 cm³/mol. The Morgan fingerprint density at radius 2 is 2.14 bits per heavy atom. The number of carbonyl (C=O) groups is 1. The highest BCUT2D eigenvalue weighted by atomic mass is 16.5. The maximum Gasteiger partial charge on any atom is 0.224 e. The lowest BCUT2D eigenvalue weighted by Crippen LogP contribution is -2.51. The molecule has 3 atom stereocenters. The van der Waals surface area contributed by atoms with Gasteiger partial charge in [-0.1, -0.05) is 17.7 Å². The third-order valence-corrected chi connectivity index (χ3v) is 4.23. The second-order valence-corrected chi connectivity index (χ2v) is 5.86. The summed E-state index contributed by atoms with van der Waals surface area (Å²) in [6.07, 6.45) is 1.93. The summed E-state index contributed by atoms with van der Waals surface area (Å²) >= 11 is 0. The molecule has 1 aliphatic rings. The van der Waals surface area contributed by atoms with Crippen LogP contribution in [0.15, 0.2) is 18.2 Å². The minimum atomic E-state index is -0.651. The summed E-state index contributed by atoms with van der Waals surface area (Å²) in [7, 11) is 3.19. The molecule has 0 bridgehead atoms. The fraction of sp³-hybridized carbons (Fsp3) is 0.588. The molecule has 2 rings (SSSR count). The van der Waals surface area contributed by atoms with Crippen molar-refractivity contribution in [3.05, 3.63) is 29.3 Å². The Bertz CT molecular complexity index is 517. The van der Waals surface area contributed by atoms with Gasteiger partial charge in [-0.25, -0.2) is 0 Å². The van der Waals surface area contributed by atoms with Crippen molar-refractivity contribution in [2.45, 2.75) is 50.9 Å². The second kappa shape index (κ2) is 7.61. The SMILES string of the molecule is COc1ccc(C)cc1CC(=O)N[C@@H]1CCC[C@@H](OC)[C@@H]1O. The van der Waals surface area contributed by atoms with Crippen LogP contribution in [0, 0.1) is 6.92 Å². The maximum absolute atomic E-state index is 12.3. The number of aliphatic hydroxyl groups excluding tert-OH is 1. The predicted octanol–water partition coefficient (Wildman–Crippen LogP) is 1.59. The van der Waals surface area contributed by atoms with Crippen LogP contribution >= 0.6 is 0 Å². The number of carbonyl (C=O) groups excluding carboxylic acids is 1. The van der Waals surface area contributed by atoms with Crippen molar-refractivity contribution in [1.82, 2.24) is 5.32 Å². The number of aliphatic hydroxyl groups is 1. The first-order valence-electron chi connectivity index (χ1n) is 7.69. The lowest BCUT2D eigenvalue weighted by Gasteiger charge is -2.34. The number of benzene rings is 1. The third-order valence-electron chi connectivity index (χ3n) is 4.23. The molecular formula is C17H25NO4. The molecule has 1 amide bonds. The lowest BCUT2D eigenvalue weighted by atomic mass is 9.89. The van der Waals surface area contributed by atoms with E-state index in [1.54, 1.807) is 14.2 Å². The summed E-state index contributed by atoms with van der Waals surface area (Å²) in [5.74, 6) is 0.601. The smallest absolute Gasteiger partial charge is 0.224 e. The van der Waals surface area contributed by atoms with Crippen molar-refractivity contribution in [1.29, 1.82) is 0 Å². The van der Waals surface area contributed by atoms with Crippen LogP contribution < -0.4 is 10.1 Å². The van der Waals surface area contributed by atoms with Crippen molar-refractivity contribution in [3.8, 4) is 5.75 Å². The number of hydrogen-bond donors (Lipinski definition) is 2. The van der Waals surface area contributed by atoms with Gasteiger partial charge in [0.1, 0.15) is 11.9 Å². The first kappa shape index (κ1) is 16.8. The topological polar surface area (TPSA) is 67.8 Å². The molecular weight excluding hydrogens is 282 g/mol. The number of nitrogens with one attached hydrogen (secondary N) is 1. The van der Waals surface area contributed by atoms with Gasteiger partial charge in [0, 0.05) is 12.7 Å². The highest BCUT2D eigenvalue weighted by Crippen LogP contribution is 2.23. The van der Waals surface area contributed by atoms with Crippen molar-refractivity contribution in [2.24, 2.45) is 0 Å². The van der Waals surface area contributed by atoms with Gasteiger partial charge >= 0.3 is 0 Å². The van der Waals surface area contributed by atoms with E-state index in [0.717, 1.165) is 30.4 Å². The van der Waals surface area contributed by atoms with Crippen LogP contribution in [0.1, 0.15) is 30.4 Å². The van der Waals surface area contributed by atoms with Gasteiger partial charge in [-0.15, -0.1) is 0 Å². The molecule has 22 heavy (non-hydrogen) atoms. The van der Waals surface area contributed by atoms with Crippen LogP contribution in [0.2, 0.25) is 0 Å². The van der Waals surface area contributed by atoms with Gasteiger partial charge in [0.05, 0.1) is 25.7 Å². The lowest BCUT2D eigenvalue weighted by molar-refractivity contribution is -0.124. The maximum atomic E-state index is 12.3. The normalized spacial score (nSPS) is 24.8. The van der Waals surface area contributed by atoms with E-state index in [1.165, 1.54) is 0 Å². The summed E-state index contributed by atoms with van der Waals surface area (Å²) in [5.41, 5.74) is 1.94. The average molecular weight is 307 g/mol. The summed E-state index contributed by atoms with van der Waals surface area (Å²) in [6, 6.07) is 5.53. The van der Waals surface area contributed by atoms with E-state index in [9.17, 15) is 9.90 Å². The van der Waals surface area contributed by atoms with E-state index < -0.39 is 6.10 Å². The largest absolute Gasteiger partial charge is 0.496 e. The Balaban J connectivity index is 1.99. The molecule has 5 heteroatoms. The standard InChI is InChI=1S/C17H25NO4/c1-11-7-8-14(21-2)12(9-11)10-16(19)18-13-5-4-6-15(22-3)17(13)20/h7-9,13,15,17,20H,4-6,10H2,1-3H3,(H,18,19)/t13-,15-,17-/m1/s1. The Labute approximate surface area is 131 Å². The van der Waals surface area contributed by atoms with E-state index in [4.69, 9.17) is 9.47 Å². The zero-order valence-electron chi connectivity index (χ0n) is 13.5. The molecule has 1 fully saturated rings. The van der Waals surface area contributed by atoms with Gasteiger partial charge < -0.3 is 19.9 Å². The van der Waals surface area contributed by atoms with Gasteiger partial charge in [0.15, 0.2) is 0 Å². The summed E-state index contributed by atoms with van der Waals surface area (Å²) < 4.78 is 10.6. The number of amides is 1. The van der Waals surface area contributed by atoms with E-state index in [0.29, 0.717) is 5.75 Å². The fourth-order valence-electron chi connectivity index (χ4n) is 3.03. The zero-order valence-corrected chi connectivity index (χ0v) is 13.5. The van der Waals surface area contributed by atoms with Crippen LogP contribution in [-0.2, 0) is 16.0 Å². The number of methoxy groups -OCH3 is 2. The zero-order chi connectivity index (χ0) is 16.1. The Kier molecular flexibility index (Phi) is 5.80. The molecule has 0 heterocycles. The Morgan fingerprint density at radius 1 is 1.36 bits per heavy atom. The summed E-state index contributed by atoms with van der Waals surface area (Å²) in [4.78, 5) is 12.3. The molecule has 0 radical (unpaired) electrons. The van der Waals surface area contributed by atoms with Crippen LogP contribution in [0.3, 0.4) is 0 Å². The highest BCUT2D eigenvalue weighted by molar-refractivity contribution is 5.79. The fourth-order valence-corrected chi connectivity index (χ4v) is 3.03. The van der Waals surface area contributed by atoms with Crippen molar-refractivity contribution in [2.75, 3.05) is 14.2 Å². The Hall–Kier alpha value is -1.59. The monoisotopic (exact) mass is 307 g/mol. The first-order chi connectivity index (χ1) is 10.5. The van der Waals surface area contributed by atoms with E-state index in [-0.39, 0.29) is 24.5 Å². The molecule has 1 aromatic rings. The highest BCUT2D eigenvalue weighted by Gasteiger charge is 2.32. The number of rotatable bonds is 5. The first-order valence-corrected chi connectivity index (χ1v) is 7.69. The quantitative estimate of drug-likeness (QED) is 0.867. The minimum absolute atomic E-state index is 0.107. The van der Waals surface area contributed by atoms with Gasteiger partial charge in [-0.3, -0.25) is 4.79 Å². The van der Waals surface area contributed by atoms with E-state index >= 15 is 0 Å². The van der Waals surface area contributed by atoms with Crippen molar-refractivity contribution >= 4 is 5.91 Å². The van der Waals surface area contributed by atoms with Crippen LogP contribution in [-0.4, -0.2) is 43.5 Å². The van der Waals surface area contributed by atoms with Gasteiger partial charge in [0.2, 0.25) is 5.91 Å². The molecule has 2 N–H and O–H groups in total. The number of aryl methyl sites for hydroxylation is 1. The van der Waals surface area contributed by atoms with E-state index in [1.807, 2.05) is 25.1 Å². The molecule has 0 saturated heterocycles. The number of ether oxygens (including phenoxy) is 2. The van der Waals surface area contributed by atoms with Gasteiger partial charge in [-0.05, 0) is 32.3 Å². The molecule has 0 aromatic heterocycles. The van der Waals surface area contributed by atoms with E-state index in [2.05, 4.69) is 5.32 Å². The van der Waals surface area contributed by atoms with Crippen molar-refractivity contribution < 1.29 is 19.4 Å². The average Bonchev–Trinajstić information content (AvgIpc) is 2.49. The Morgan fingerprint density at radius 3 is 2.82 bits per heavy atom.